The van der Waals surface area contributed by atoms with Crippen LogP contribution in [0.5, 0.6) is 17.5 Å². The fourth-order valence-corrected chi connectivity index (χ4v) is 2.00. The maximum atomic E-state index is 11.8. The Morgan fingerprint density at radius 2 is 1.64 bits per heavy atom. The van der Waals surface area contributed by atoms with Crippen LogP contribution >= 0.6 is 0 Å². The minimum atomic E-state index is -0.266. The lowest BCUT2D eigenvalue weighted by Gasteiger charge is -2.07. The highest BCUT2D eigenvalue weighted by molar-refractivity contribution is 5.58. The van der Waals surface area contributed by atoms with Crippen molar-refractivity contribution in [2.45, 2.75) is 0 Å². The number of H-pyrrole nitrogens is 1. The van der Waals surface area contributed by atoms with Gasteiger partial charge in [-0.25, -0.2) is 0 Å². The predicted octanol–water partition coefficient (Wildman–Crippen LogP) is 3.24. The van der Waals surface area contributed by atoms with Gasteiger partial charge in [-0.05, 0) is 24.3 Å². The van der Waals surface area contributed by atoms with Crippen LogP contribution in [0.25, 0.3) is 11.3 Å². The summed E-state index contributed by atoms with van der Waals surface area (Å²) >= 11 is 0. The van der Waals surface area contributed by atoms with E-state index in [9.17, 15) is 4.79 Å². The van der Waals surface area contributed by atoms with Crippen LogP contribution < -0.4 is 15.0 Å². The molecule has 3 aromatic rings. The summed E-state index contributed by atoms with van der Waals surface area (Å²) in [4.78, 5) is 18.7. The van der Waals surface area contributed by atoms with E-state index in [2.05, 4.69) is 9.97 Å². The molecule has 0 radical (unpaired) electrons. The lowest BCUT2D eigenvalue weighted by Crippen LogP contribution is -2.08. The third-order valence-corrected chi connectivity index (χ3v) is 3.06. The monoisotopic (exact) mass is 294 g/mol. The van der Waals surface area contributed by atoms with Gasteiger partial charge in [0.1, 0.15) is 11.5 Å². The second-order valence-electron chi connectivity index (χ2n) is 4.58. The molecule has 1 heterocycles. The smallest absolute Gasteiger partial charge is 0.302 e. The van der Waals surface area contributed by atoms with E-state index in [0.29, 0.717) is 11.4 Å². The van der Waals surface area contributed by atoms with Crippen LogP contribution in [0.15, 0.2) is 65.5 Å². The Kier molecular flexibility index (Phi) is 3.87. The standard InChI is InChI=1S/C17H14N2O3/c1-21-13-7-9-14(10-8-13)22-17-18-15(11-16(20)19-17)12-5-3-2-4-6-12/h2-11H,1H3,(H,18,19,20). The molecule has 0 fully saturated rings. The summed E-state index contributed by atoms with van der Waals surface area (Å²) in [6.07, 6.45) is 0. The number of aromatic nitrogens is 2. The Morgan fingerprint density at radius 1 is 0.955 bits per heavy atom. The molecule has 5 nitrogen and oxygen atoms in total. The molecular formula is C17H14N2O3. The van der Waals surface area contributed by atoms with E-state index in [1.54, 1.807) is 31.4 Å². The summed E-state index contributed by atoms with van der Waals surface area (Å²) in [7, 11) is 1.60. The Bertz CT molecular complexity index is 811. The van der Waals surface area contributed by atoms with E-state index in [-0.39, 0.29) is 11.6 Å². The molecule has 0 aliphatic rings. The van der Waals surface area contributed by atoms with Gasteiger partial charge >= 0.3 is 6.01 Å². The van der Waals surface area contributed by atoms with E-state index in [1.165, 1.54) is 6.07 Å². The molecule has 0 atom stereocenters. The topological polar surface area (TPSA) is 64.2 Å². The van der Waals surface area contributed by atoms with E-state index >= 15 is 0 Å². The summed E-state index contributed by atoms with van der Waals surface area (Å²) < 4.78 is 10.7. The summed E-state index contributed by atoms with van der Waals surface area (Å²) in [6, 6.07) is 18.1. The summed E-state index contributed by atoms with van der Waals surface area (Å²) in [6.45, 7) is 0. The third-order valence-electron chi connectivity index (χ3n) is 3.06. The van der Waals surface area contributed by atoms with Crippen LogP contribution in [0, 0.1) is 0 Å². The summed E-state index contributed by atoms with van der Waals surface area (Å²) in [5, 5.41) is 0. The first-order valence-electron chi connectivity index (χ1n) is 6.73. The fraction of sp³-hybridized carbons (Fsp3) is 0.0588. The van der Waals surface area contributed by atoms with Crippen molar-refractivity contribution in [2.24, 2.45) is 0 Å². The maximum Gasteiger partial charge on any atom is 0.302 e. The first kappa shape index (κ1) is 13.9. The molecule has 0 aliphatic carbocycles. The Morgan fingerprint density at radius 3 is 2.32 bits per heavy atom. The first-order valence-corrected chi connectivity index (χ1v) is 6.73. The molecule has 110 valence electrons. The van der Waals surface area contributed by atoms with Gasteiger partial charge in [-0.3, -0.25) is 9.78 Å². The predicted molar refractivity (Wildman–Crippen MR) is 83.4 cm³/mol. The van der Waals surface area contributed by atoms with Crippen molar-refractivity contribution in [1.82, 2.24) is 9.97 Å². The van der Waals surface area contributed by atoms with Crippen LogP contribution in [0.2, 0.25) is 0 Å². The number of hydrogen-bond donors (Lipinski definition) is 1. The van der Waals surface area contributed by atoms with Crippen molar-refractivity contribution < 1.29 is 9.47 Å². The number of benzene rings is 2. The molecule has 0 saturated carbocycles. The zero-order chi connectivity index (χ0) is 15.4. The van der Waals surface area contributed by atoms with Crippen LogP contribution in [-0.4, -0.2) is 17.1 Å². The first-order chi connectivity index (χ1) is 10.7. The minimum absolute atomic E-state index is 0.150. The fourth-order valence-electron chi connectivity index (χ4n) is 2.00. The minimum Gasteiger partial charge on any atom is -0.497 e. The molecular weight excluding hydrogens is 280 g/mol. The van der Waals surface area contributed by atoms with Crippen molar-refractivity contribution in [3.63, 3.8) is 0 Å². The molecule has 0 saturated heterocycles. The maximum absolute atomic E-state index is 11.8. The zero-order valence-corrected chi connectivity index (χ0v) is 11.9. The molecule has 0 unspecified atom stereocenters. The summed E-state index contributed by atoms with van der Waals surface area (Å²) in [5.74, 6) is 1.29. The van der Waals surface area contributed by atoms with Crippen LogP contribution in [0.3, 0.4) is 0 Å². The highest BCUT2D eigenvalue weighted by atomic mass is 16.5. The molecule has 0 spiro atoms. The number of hydrogen-bond acceptors (Lipinski definition) is 4. The number of nitrogens with one attached hydrogen (secondary N) is 1. The van der Waals surface area contributed by atoms with Crippen molar-refractivity contribution in [2.75, 3.05) is 7.11 Å². The molecule has 0 bridgehead atoms. The van der Waals surface area contributed by atoms with E-state index in [4.69, 9.17) is 9.47 Å². The summed E-state index contributed by atoms with van der Waals surface area (Å²) in [5.41, 5.74) is 1.15. The number of rotatable bonds is 4. The average Bonchev–Trinajstić information content (AvgIpc) is 2.56. The van der Waals surface area contributed by atoms with Gasteiger partial charge < -0.3 is 9.47 Å². The molecule has 1 aromatic heterocycles. The van der Waals surface area contributed by atoms with Crippen LogP contribution in [0.4, 0.5) is 0 Å². The van der Waals surface area contributed by atoms with Gasteiger partial charge in [-0.15, -0.1) is 0 Å². The zero-order valence-electron chi connectivity index (χ0n) is 11.9. The van der Waals surface area contributed by atoms with Crippen molar-refractivity contribution in [3.8, 4) is 28.8 Å². The largest absolute Gasteiger partial charge is 0.497 e. The number of methoxy groups -OCH3 is 1. The van der Waals surface area contributed by atoms with Gasteiger partial charge in [0.15, 0.2) is 0 Å². The molecule has 0 aliphatic heterocycles. The lowest BCUT2D eigenvalue weighted by atomic mass is 10.1. The molecule has 1 N–H and O–H groups in total. The number of ether oxygens (including phenoxy) is 2. The van der Waals surface area contributed by atoms with Gasteiger partial charge in [-0.1, -0.05) is 30.3 Å². The van der Waals surface area contributed by atoms with Crippen LogP contribution in [-0.2, 0) is 0 Å². The lowest BCUT2D eigenvalue weighted by molar-refractivity contribution is 0.410. The quantitative estimate of drug-likeness (QED) is 0.802. The van der Waals surface area contributed by atoms with Gasteiger partial charge in [0.25, 0.3) is 5.56 Å². The van der Waals surface area contributed by atoms with E-state index in [1.807, 2.05) is 30.3 Å². The SMILES string of the molecule is COc1ccc(Oc2nc(-c3ccccc3)cc(=O)[nH]2)cc1. The Balaban J connectivity index is 1.90. The van der Waals surface area contributed by atoms with Gasteiger partial charge in [0.05, 0.1) is 12.8 Å². The average molecular weight is 294 g/mol. The highest BCUT2D eigenvalue weighted by Gasteiger charge is 2.06. The second-order valence-corrected chi connectivity index (χ2v) is 4.58. The van der Waals surface area contributed by atoms with Crippen LogP contribution in [0.1, 0.15) is 0 Å². The van der Waals surface area contributed by atoms with Crippen molar-refractivity contribution in [1.29, 1.82) is 0 Å². The molecule has 22 heavy (non-hydrogen) atoms. The molecule has 0 amide bonds. The van der Waals surface area contributed by atoms with Gasteiger partial charge in [-0.2, -0.15) is 4.98 Å². The Hall–Kier alpha value is -3.08. The van der Waals surface area contributed by atoms with E-state index in [0.717, 1.165) is 11.3 Å². The number of nitrogens with zero attached hydrogens (tertiary/aromatic N) is 1. The van der Waals surface area contributed by atoms with E-state index < -0.39 is 0 Å². The van der Waals surface area contributed by atoms with Gasteiger partial charge in [0.2, 0.25) is 0 Å². The molecule has 3 rings (SSSR count). The molecule has 5 heteroatoms. The normalized spacial score (nSPS) is 10.2. The third kappa shape index (κ3) is 3.15. The molecule has 2 aromatic carbocycles. The second kappa shape index (κ2) is 6.13. The Labute approximate surface area is 127 Å². The van der Waals surface area contributed by atoms with Crippen molar-refractivity contribution in [3.05, 3.63) is 71.0 Å². The number of aromatic amines is 1. The highest BCUT2D eigenvalue weighted by Crippen LogP contribution is 2.22. The van der Waals surface area contributed by atoms with Crippen molar-refractivity contribution >= 4 is 0 Å². The van der Waals surface area contributed by atoms with Gasteiger partial charge in [0, 0.05) is 11.6 Å².